The van der Waals surface area contributed by atoms with Gasteiger partial charge in [-0.15, -0.1) is 0 Å². The quantitative estimate of drug-likeness (QED) is 0.539. The minimum atomic E-state index is -0.458. The summed E-state index contributed by atoms with van der Waals surface area (Å²) >= 11 is 0. The van der Waals surface area contributed by atoms with Gasteiger partial charge in [0.05, 0.1) is 11.1 Å². The van der Waals surface area contributed by atoms with E-state index >= 15 is 0 Å². The van der Waals surface area contributed by atoms with E-state index in [1.54, 1.807) is 18.2 Å². The largest absolute Gasteiger partial charge is 0.446 e. The molecule has 6 heteroatoms. The van der Waals surface area contributed by atoms with Gasteiger partial charge in [0.25, 0.3) is 0 Å². The van der Waals surface area contributed by atoms with Gasteiger partial charge < -0.3 is 9.47 Å². The zero-order chi connectivity index (χ0) is 16.5. The van der Waals surface area contributed by atoms with Gasteiger partial charge >= 0.3 is 11.9 Å². The second kappa shape index (κ2) is 9.17. The highest BCUT2D eigenvalue weighted by Gasteiger charge is 2.13. The number of hydrogen-bond acceptors (Lipinski definition) is 6. The van der Waals surface area contributed by atoms with Gasteiger partial charge in [0.1, 0.15) is 13.5 Å². The highest BCUT2D eigenvalue weighted by atomic mass is 16.5. The Labute approximate surface area is 131 Å². The van der Waals surface area contributed by atoms with Crippen LogP contribution in [0, 0.1) is 0 Å². The summed E-state index contributed by atoms with van der Waals surface area (Å²) in [6, 6.07) is 6.36. The van der Waals surface area contributed by atoms with Crippen LogP contribution in [0.2, 0.25) is 0 Å². The van der Waals surface area contributed by atoms with Crippen molar-refractivity contribution in [1.82, 2.24) is 9.80 Å². The molecule has 0 fully saturated rings. The van der Waals surface area contributed by atoms with E-state index in [4.69, 9.17) is 9.47 Å². The molecule has 22 heavy (non-hydrogen) atoms. The van der Waals surface area contributed by atoms with Gasteiger partial charge in [-0.1, -0.05) is 19.9 Å². The van der Waals surface area contributed by atoms with E-state index in [0.29, 0.717) is 11.1 Å². The summed E-state index contributed by atoms with van der Waals surface area (Å²) in [6.07, 6.45) is 0. The molecule has 0 N–H and O–H groups in total. The Kier molecular flexibility index (Phi) is 7.56. The van der Waals surface area contributed by atoms with Crippen molar-refractivity contribution in [2.24, 2.45) is 0 Å². The molecule has 0 radical (unpaired) electrons. The first-order chi connectivity index (χ1) is 10.5. The maximum absolute atomic E-state index is 11.9. The van der Waals surface area contributed by atoms with Crippen molar-refractivity contribution in [1.29, 1.82) is 0 Å². The van der Waals surface area contributed by atoms with Crippen molar-refractivity contribution >= 4 is 11.9 Å². The molecule has 0 bridgehead atoms. The molecule has 0 aliphatic rings. The first-order valence-electron chi connectivity index (χ1n) is 7.29. The highest BCUT2D eigenvalue weighted by molar-refractivity contribution is 5.95. The Morgan fingerprint density at radius 2 is 1.32 bits per heavy atom. The number of hydrogen-bond donors (Lipinski definition) is 0. The van der Waals surface area contributed by atoms with Gasteiger partial charge in [-0.2, -0.15) is 0 Å². The molecular formula is C16H24N2O4. The summed E-state index contributed by atoms with van der Waals surface area (Å²) in [5, 5.41) is 0. The maximum Gasteiger partial charge on any atom is 0.339 e. The zero-order valence-corrected chi connectivity index (χ0v) is 13.7. The molecule has 0 spiro atoms. The van der Waals surface area contributed by atoms with Crippen molar-refractivity contribution in [3.05, 3.63) is 35.4 Å². The minimum Gasteiger partial charge on any atom is -0.446 e. The topological polar surface area (TPSA) is 59.1 Å². The predicted octanol–water partition coefficient (Wildman–Crippen LogP) is 1.82. The SMILES string of the molecule is CCN(C)COC(=O)c1cccc(C(=O)OCN(C)CC)c1. The Balaban J connectivity index is 2.64. The fraction of sp³-hybridized carbons (Fsp3) is 0.500. The molecule has 6 nitrogen and oxygen atoms in total. The molecule has 1 rings (SSSR count). The number of ether oxygens (including phenoxy) is 2. The highest BCUT2D eigenvalue weighted by Crippen LogP contribution is 2.09. The molecule has 0 aliphatic heterocycles. The summed E-state index contributed by atoms with van der Waals surface area (Å²) in [7, 11) is 3.70. The molecule has 0 aliphatic carbocycles. The van der Waals surface area contributed by atoms with Crippen molar-refractivity contribution in [3.63, 3.8) is 0 Å². The average Bonchev–Trinajstić information content (AvgIpc) is 2.56. The summed E-state index contributed by atoms with van der Waals surface area (Å²) in [5.41, 5.74) is 0.672. The number of benzene rings is 1. The third-order valence-electron chi connectivity index (χ3n) is 3.25. The lowest BCUT2D eigenvalue weighted by Crippen LogP contribution is -2.24. The lowest BCUT2D eigenvalue weighted by atomic mass is 10.1. The molecule has 0 unspecified atom stereocenters. The summed E-state index contributed by atoms with van der Waals surface area (Å²) in [6.45, 7) is 5.93. The van der Waals surface area contributed by atoms with Crippen LogP contribution in [0.3, 0.4) is 0 Å². The van der Waals surface area contributed by atoms with Crippen molar-refractivity contribution in [3.8, 4) is 0 Å². The smallest absolute Gasteiger partial charge is 0.339 e. The van der Waals surface area contributed by atoms with Gasteiger partial charge in [0.2, 0.25) is 0 Å². The van der Waals surface area contributed by atoms with E-state index in [1.165, 1.54) is 6.07 Å². The van der Waals surface area contributed by atoms with Crippen LogP contribution in [0.25, 0.3) is 0 Å². The van der Waals surface area contributed by atoms with Gasteiger partial charge in [-0.05, 0) is 45.4 Å². The van der Waals surface area contributed by atoms with Gasteiger partial charge in [-0.3, -0.25) is 9.80 Å². The van der Waals surface area contributed by atoms with Crippen LogP contribution in [-0.2, 0) is 9.47 Å². The molecule has 1 aromatic rings. The Morgan fingerprint density at radius 3 is 1.68 bits per heavy atom. The fourth-order valence-electron chi connectivity index (χ4n) is 1.46. The van der Waals surface area contributed by atoms with E-state index in [2.05, 4.69) is 0 Å². The summed E-state index contributed by atoms with van der Waals surface area (Å²) in [5.74, 6) is -0.916. The lowest BCUT2D eigenvalue weighted by Gasteiger charge is -2.15. The molecular weight excluding hydrogens is 284 g/mol. The first kappa shape index (κ1) is 18.1. The number of rotatable bonds is 8. The summed E-state index contributed by atoms with van der Waals surface area (Å²) in [4.78, 5) is 27.6. The van der Waals surface area contributed by atoms with Crippen LogP contribution in [0.15, 0.2) is 24.3 Å². The van der Waals surface area contributed by atoms with Gasteiger partial charge in [0.15, 0.2) is 0 Å². The average molecular weight is 308 g/mol. The predicted molar refractivity (Wildman–Crippen MR) is 83.6 cm³/mol. The molecule has 0 amide bonds. The minimum absolute atomic E-state index is 0.214. The molecule has 0 saturated heterocycles. The lowest BCUT2D eigenvalue weighted by molar-refractivity contribution is 0.0281. The monoisotopic (exact) mass is 308 g/mol. The number of carbonyl (C=O) groups is 2. The van der Waals surface area contributed by atoms with Crippen LogP contribution >= 0.6 is 0 Å². The third-order valence-corrected chi connectivity index (χ3v) is 3.25. The van der Waals surface area contributed by atoms with Gasteiger partial charge in [-0.25, -0.2) is 9.59 Å². The molecule has 0 heterocycles. The zero-order valence-electron chi connectivity index (χ0n) is 13.7. The standard InChI is InChI=1S/C16H24N2O4/c1-5-17(3)11-21-15(19)13-8-7-9-14(10-13)16(20)22-12-18(4)6-2/h7-10H,5-6,11-12H2,1-4H3. The van der Waals surface area contributed by atoms with Gasteiger partial charge in [0, 0.05) is 0 Å². The van der Waals surface area contributed by atoms with Crippen molar-refractivity contribution < 1.29 is 19.1 Å². The normalized spacial score (nSPS) is 10.8. The van der Waals surface area contributed by atoms with E-state index in [9.17, 15) is 9.59 Å². The molecule has 1 aromatic carbocycles. The third kappa shape index (κ3) is 5.83. The van der Waals surface area contributed by atoms with Crippen LogP contribution in [-0.4, -0.2) is 62.4 Å². The molecule has 0 aromatic heterocycles. The fourth-order valence-corrected chi connectivity index (χ4v) is 1.46. The van der Waals surface area contributed by atoms with E-state index in [0.717, 1.165) is 13.1 Å². The molecule has 0 atom stereocenters. The van der Waals surface area contributed by atoms with Crippen LogP contribution in [0.5, 0.6) is 0 Å². The van der Waals surface area contributed by atoms with Crippen LogP contribution in [0.4, 0.5) is 0 Å². The van der Waals surface area contributed by atoms with E-state index in [1.807, 2.05) is 37.7 Å². The number of esters is 2. The van der Waals surface area contributed by atoms with E-state index < -0.39 is 11.9 Å². The Hall–Kier alpha value is -1.92. The van der Waals surface area contributed by atoms with Crippen molar-refractivity contribution in [2.45, 2.75) is 13.8 Å². The second-order valence-corrected chi connectivity index (χ2v) is 5.05. The van der Waals surface area contributed by atoms with E-state index in [-0.39, 0.29) is 13.5 Å². The maximum atomic E-state index is 11.9. The number of nitrogens with zero attached hydrogens (tertiary/aromatic N) is 2. The Bertz CT molecular complexity index is 463. The second-order valence-electron chi connectivity index (χ2n) is 5.05. The number of carbonyl (C=O) groups excluding carboxylic acids is 2. The summed E-state index contributed by atoms with van der Waals surface area (Å²) < 4.78 is 10.3. The van der Waals surface area contributed by atoms with Crippen LogP contribution in [0.1, 0.15) is 34.6 Å². The van der Waals surface area contributed by atoms with Crippen LogP contribution < -0.4 is 0 Å². The van der Waals surface area contributed by atoms with Crippen molar-refractivity contribution in [2.75, 3.05) is 40.6 Å². The molecule has 122 valence electrons. The molecule has 0 saturated carbocycles. The Morgan fingerprint density at radius 1 is 0.909 bits per heavy atom. The first-order valence-corrected chi connectivity index (χ1v) is 7.29.